The number of hydrogen-bond donors (Lipinski definition) is 2. The van der Waals surface area contributed by atoms with Gasteiger partial charge in [-0.1, -0.05) is 13.8 Å². The van der Waals surface area contributed by atoms with Crippen molar-refractivity contribution in [2.24, 2.45) is 11.1 Å². The Morgan fingerprint density at radius 2 is 2.09 bits per heavy atom. The summed E-state index contributed by atoms with van der Waals surface area (Å²) in [5.41, 5.74) is 5.74. The van der Waals surface area contributed by atoms with Gasteiger partial charge in [0.2, 0.25) is 0 Å². The minimum absolute atomic E-state index is 0.342. The van der Waals surface area contributed by atoms with E-state index in [0.29, 0.717) is 12.0 Å². The number of aliphatic hydroxyl groups excluding tert-OH is 1. The number of rotatable bonds is 3. The average molecular weight is 158 g/mol. The molecule has 0 unspecified atom stereocenters. The SMILES string of the molecule is CC1(C)CN(C[C@@H](O)CN)C1. The number of hydrogen-bond acceptors (Lipinski definition) is 3. The Morgan fingerprint density at radius 3 is 2.45 bits per heavy atom. The number of β-amino-alcohol motifs (C(OH)–C–C–N with tert-alkyl or cyclic N) is 1. The Hall–Kier alpha value is -0.120. The van der Waals surface area contributed by atoms with E-state index < -0.39 is 0 Å². The molecule has 0 aromatic carbocycles. The second kappa shape index (κ2) is 3.09. The van der Waals surface area contributed by atoms with Gasteiger partial charge in [0.1, 0.15) is 0 Å². The van der Waals surface area contributed by atoms with Crippen molar-refractivity contribution in [2.45, 2.75) is 20.0 Å². The van der Waals surface area contributed by atoms with E-state index in [9.17, 15) is 5.11 Å². The first-order valence-corrected chi connectivity index (χ1v) is 4.14. The zero-order chi connectivity index (χ0) is 8.48. The maximum absolute atomic E-state index is 9.20. The van der Waals surface area contributed by atoms with Crippen LogP contribution in [-0.4, -0.2) is 42.3 Å². The van der Waals surface area contributed by atoms with Gasteiger partial charge in [0.25, 0.3) is 0 Å². The summed E-state index contributed by atoms with van der Waals surface area (Å²) in [5.74, 6) is 0. The lowest BCUT2D eigenvalue weighted by molar-refractivity contribution is -0.00271. The number of likely N-dealkylation sites (tertiary alicyclic amines) is 1. The van der Waals surface area contributed by atoms with E-state index >= 15 is 0 Å². The third-order valence-corrected chi connectivity index (χ3v) is 2.04. The van der Waals surface area contributed by atoms with Gasteiger partial charge in [-0.2, -0.15) is 0 Å². The van der Waals surface area contributed by atoms with Crippen LogP contribution in [0.5, 0.6) is 0 Å². The molecule has 0 spiro atoms. The van der Waals surface area contributed by atoms with Crippen LogP contribution in [0.1, 0.15) is 13.8 Å². The van der Waals surface area contributed by atoms with Crippen LogP contribution in [0.2, 0.25) is 0 Å². The largest absolute Gasteiger partial charge is 0.390 e. The Kier molecular flexibility index (Phi) is 2.52. The molecule has 1 aliphatic rings. The Bertz CT molecular complexity index is 128. The first kappa shape index (κ1) is 8.97. The van der Waals surface area contributed by atoms with Crippen LogP contribution in [0.15, 0.2) is 0 Å². The number of aliphatic hydroxyl groups is 1. The molecule has 0 saturated carbocycles. The lowest BCUT2D eigenvalue weighted by atomic mass is 9.84. The molecule has 1 atom stereocenters. The highest BCUT2D eigenvalue weighted by Crippen LogP contribution is 2.28. The van der Waals surface area contributed by atoms with E-state index in [-0.39, 0.29) is 6.10 Å². The van der Waals surface area contributed by atoms with Crippen LogP contribution in [0, 0.1) is 5.41 Å². The molecule has 11 heavy (non-hydrogen) atoms. The van der Waals surface area contributed by atoms with Gasteiger partial charge in [-0.25, -0.2) is 0 Å². The maximum Gasteiger partial charge on any atom is 0.0789 e. The normalized spacial score (nSPS) is 26.2. The van der Waals surface area contributed by atoms with Crippen molar-refractivity contribution in [1.82, 2.24) is 4.90 Å². The Labute approximate surface area is 68.2 Å². The monoisotopic (exact) mass is 158 g/mol. The van der Waals surface area contributed by atoms with Crippen molar-refractivity contribution in [3.05, 3.63) is 0 Å². The van der Waals surface area contributed by atoms with E-state index in [1.54, 1.807) is 0 Å². The van der Waals surface area contributed by atoms with Crippen LogP contribution in [0.25, 0.3) is 0 Å². The third-order valence-electron chi connectivity index (χ3n) is 2.04. The molecule has 1 saturated heterocycles. The molecule has 3 heteroatoms. The molecule has 1 rings (SSSR count). The molecule has 0 bridgehead atoms. The van der Waals surface area contributed by atoms with Crippen molar-refractivity contribution in [2.75, 3.05) is 26.2 Å². The van der Waals surface area contributed by atoms with Crippen molar-refractivity contribution >= 4 is 0 Å². The quantitative estimate of drug-likeness (QED) is 0.590. The van der Waals surface area contributed by atoms with Crippen molar-refractivity contribution in [3.63, 3.8) is 0 Å². The Morgan fingerprint density at radius 1 is 1.55 bits per heavy atom. The molecule has 66 valence electrons. The molecular weight excluding hydrogens is 140 g/mol. The predicted octanol–water partition coefficient (Wildman–Crippen LogP) is -0.352. The van der Waals surface area contributed by atoms with E-state index in [4.69, 9.17) is 5.73 Å². The van der Waals surface area contributed by atoms with Crippen molar-refractivity contribution in [1.29, 1.82) is 0 Å². The van der Waals surface area contributed by atoms with Crippen LogP contribution >= 0.6 is 0 Å². The van der Waals surface area contributed by atoms with Gasteiger partial charge >= 0.3 is 0 Å². The summed E-state index contributed by atoms with van der Waals surface area (Å²) in [5, 5.41) is 9.20. The summed E-state index contributed by atoms with van der Waals surface area (Å²) >= 11 is 0. The predicted molar refractivity (Wildman–Crippen MR) is 45.3 cm³/mol. The van der Waals surface area contributed by atoms with Gasteiger partial charge < -0.3 is 10.8 Å². The number of nitrogens with two attached hydrogens (primary N) is 1. The molecule has 0 amide bonds. The van der Waals surface area contributed by atoms with Gasteiger partial charge in [-0.15, -0.1) is 0 Å². The molecule has 1 aliphatic heterocycles. The molecule has 3 nitrogen and oxygen atoms in total. The first-order valence-electron chi connectivity index (χ1n) is 4.14. The molecule has 0 aromatic rings. The van der Waals surface area contributed by atoms with E-state index in [2.05, 4.69) is 18.7 Å². The highest BCUT2D eigenvalue weighted by Gasteiger charge is 2.34. The fraction of sp³-hybridized carbons (Fsp3) is 1.00. The first-order chi connectivity index (χ1) is 5.03. The second-order valence-electron chi connectivity index (χ2n) is 4.22. The lowest BCUT2D eigenvalue weighted by Gasteiger charge is -2.46. The molecule has 0 radical (unpaired) electrons. The molecule has 0 aromatic heterocycles. The fourth-order valence-corrected chi connectivity index (χ4v) is 1.67. The zero-order valence-corrected chi connectivity index (χ0v) is 7.38. The van der Waals surface area contributed by atoms with Crippen molar-refractivity contribution < 1.29 is 5.11 Å². The third kappa shape index (κ3) is 2.43. The summed E-state index contributed by atoms with van der Waals surface area (Å²) in [6.45, 7) is 7.75. The maximum atomic E-state index is 9.20. The summed E-state index contributed by atoms with van der Waals surface area (Å²) < 4.78 is 0. The van der Waals surface area contributed by atoms with E-state index in [1.807, 2.05) is 0 Å². The fourth-order valence-electron chi connectivity index (χ4n) is 1.67. The zero-order valence-electron chi connectivity index (χ0n) is 7.38. The topological polar surface area (TPSA) is 49.5 Å². The summed E-state index contributed by atoms with van der Waals surface area (Å²) in [7, 11) is 0. The molecule has 1 heterocycles. The van der Waals surface area contributed by atoms with E-state index in [1.165, 1.54) is 0 Å². The highest BCUT2D eigenvalue weighted by atomic mass is 16.3. The lowest BCUT2D eigenvalue weighted by Crippen LogP contribution is -2.55. The standard InChI is InChI=1S/C8H18N2O/c1-8(2)5-10(6-8)4-7(11)3-9/h7,11H,3-6,9H2,1-2H3/t7-/m0/s1. The molecule has 0 aliphatic carbocycles. The summed E-state index contributed by atoms with van der Waals surface area (Å²) in [6.07, 6.45) is -0.342. The van der Waals surface area contributed by atoms with Gasteiger partial charge in [0.05, 0.1) is 6.10 Å². The minimum atomic E-state index is -0.342. The summed E-state index contributed by atoms with van der Waals surface area (Å²) in [4.78, 5) is 2.23. The molecule has 3 N–H and O–H groups in total. The van der Waals surface area contributed by atoms with Crippen LogP contribution < -0.4 is 5.73 Å². The number of nitrogens with zero attached hydrogens (tertiary/aromatic N) is 1. The van der Waals surface area contributed by atoms with E-state index in [0.717, 1.165) is 19.6 Å². The second-order valence-corrected chi connectivity index (χ2v) is 4.22. The minimum Gasteiger partial charge on any atom is -0.390 e. The van der Waals surface area contributed by atoms with Crippen molar-refractivity contribution in [3.8, 4) is 0 Å². The van der Waals surface area contributed by atoms with Crippen LogP contribution in [0.4, 0.5) is 0 Å². The van der Waals surface area contributed by atoms with Gasteiger partial charge in [0, 0.05) is 26.2 Å². The summed E-state index contributed by atoms with van der Waals surface area (Å²) in [6, 6.07) is 0. The molecule has 1 fully saturated rings. The molecular formula is C8H18N2O. The van der Waals surface area contributed by atoms with Gasteiger partial charge in [0.15, 0.2) is 0 Å². The van der Waals surface area contributed by atoms with Gasteiger partial charge in [-0.3, -0.25) is 4.90 Å². The highest BCUT2D eigenvalue weighted by molar-refractivity contribution is 4.88. The van der Waals surface area contributed by atoms with Crippen LogP contribution in [0.3, 0.4) is 0 Å². The Balaban J connectivity index is 2.13. The average Bonchev–Trinajstić information content (AvgIpc) is 1.83. The van der Waals surface area contributed by atoms with Gasteiger partial charge in [-0.05, 0) is 5.41 Å². The van der Waals surface area contributed by atoms with Crippen LogP contribution in [-0.2, 0) is 0 Å². The smallest absolute Gasteiger partial charge is 0.0789 e.